The number of nitro groups is 1. The number of benzene rings is 1. The highest BCUT2D eigenvalue weighted by Crippen LogP contribution is 2.40. The van der Waals surface area contributed by atoms with Gasteiger partial charge < -0.3 is 15.4 Å². The van der Waals surface area contributed by atoms with Gasteiger partial charge in [0.25, 0.3) is 0 Å². The Morgan fingerprint density at radius 2 is 2.29 bits per heavy atom. The summed E-state index contributed by atoms with van der Waals surface area (Å²) in [7, 11) is 1.45. The maximum Gasteiger partial charge on any atom is 0.333 e. The van der Waals surface area contributed by atoms with Gasteiger partial charge in [-0.05, 0) is 30.9 Å². The number of anilines is 1. The van der Waals surface area contributed by atoms with E-state index in [0.29, 0.717) is 23.9 Å². The average Bonchev–Trinajstić information content (AvgIpc) is 2.53. The molecular weight excluding hydrogens is 270 g/mol. The van der Waals surface area contributed by atoms with E-state index in [2.05, 4.69) is 11.8 Å². The lowest BCUT2D eigenvalue weighted by atomic mass is 9.88. The number of ether oxygens (including phenoxy) is 1. The summed E-state index contributed by atoms with van der Waals surface area (Å²) in [4.78, 5) is 13.1. The van der Waals surface area contributed by atoms with Crippen molar-refractivity contribution in [2.24, 2.45) is 11.7 Å². The van der Waals surface area contributed by atoms with Crippen LogP contribution in [-0.4, -0.2) is 31.2 Å². The summed E-state index contributed by atoms with van der Waals surface area (Å²) in [6.45, 7) is 3.49. The Morgan fingerprint density at radius 1 is 1.52 bits per heavy atom. The van der Waals surface area contributed by atoms with Crippen molar-refractivity contribution in [3.05, 3.63) is 28.3 Å². The standard InChI is InChI=1S/C15H23N3O3/c1-3-11-7-8-17(12(9-11)10-16)13-5-4-6-14(21-2)15(13)18(19)20/h4-6,11-12H,3,7-10,16H2,1-2H3. The van der Waals surface area contributed by atoms with Gasteiger partial charge in [0, 0.05) is 19.1 Å². The van der Waals surface area contributed by atoms with Crippen molar-refractivity contribution in [3.63, 3.8) is 0 Å². The summed E-state index contributed by atoms with van der Waals surface area (Å²) in [5.74, 6) is 0.949. The predicted octanol–water partition coefficient (Wildman–Crippen LogP) is 2.56. The van der Waals surface area contributed by atoms with E-state index in [9.17, 15) is 10.1 Å². The molecule has 0 radical (unpaired) electrons. The number of hydrogen-bond acceptors (Lipinski definition) is 5. The first kappa shape index (κ1) is 15.6. The topological polar surface area (TPSA) is 81.6 Å². The molecule has 6 nitrogen and oxygen atoms in total. The van der Waals surface area contributed by atoms with Gasteiger partial charge in [-0.3, -0.25) is 10.1 Å². The van der Waals surface area contributed by atoms with Crippen LogP contribution in [0, 0.1) is 16.0 Å². The molecule has 1 aliphatic rings. The molecule has 0 bridgehead atoms. The van der Waals surface area contributed by atoms with Crippen molar-refractivity contribution in [3.8, 4) is 5.75 Å². The molecule has 1 heterocycles. The second-order valence-corrected chi connectivity index (χ2v) is 5.47. The molecule has 1 aromatic rings. The van der Waals surface area contributed by atoms with E-state index in [1.807, 2.05) is 0 Å². The zero-order chi connectivity index (χ0) is 15.4. The number of methoxy groups -OCH3 is 1. The zero-order valence-corrected chi connectivity index (χ0v) is 12.6. The van der Waals surface area contributed by atoms with Gasteiger partial charge in [-0.25, -0.2) is 0 Å². The molecule has 1 fully saturated rings. The molecule has 2 unspecified atom stereocenters. The van der Waals surface area contributed by atoms with E-state index >= 15 is 0 Å². The Kier molecular flexibility index (Phi) is 5.01. The minimum atomic E-state index is -0.367. The smallest absolute Gasteiger partial charge is 0.333 e. The minimum absolute atomic E-state index is 0.0356. The number of para-hydroxylation sites is 1. The molecule has 0 saturated carbocycles. The van der Waals surface area contributed by atoms with Gasteiger partial charge in [-0.15, -0.1) is 0 Å². The summed E-state index contributed by atoms with van der Waals surface area (Å²) < 4.78 is 5.15. The molecule has 1 aliphatic heterocycles. The molecule has 2 atom stereocenters. The molecule has 1 saturated heterocycles. The van der Waals surface area contributed by atoms with Crippen LogP contribution in [0.4, 0.5) is 11.4 Å². The fourth-order valence-electron chi connectivity index (χ4n) is 3.14. The van der Waals surface area contributed by atoms with E-state index < -0.39 is 0 Å². The number of rotatable bonds is 5. The Bertz CT molecular complexity index is 507. The summed E-state index contributed by atoms with van der Waals surface area (Å²) in [6, 6.07) is 5.35. The molecule has 21 heavy (non-hydrogen) atoms. The van der Waals surface area contributed by atoms with Crippen LogP contribution in [0.3, 0.4) is 0 Å². The molecule has 2 rings (SSSR count). The normalized spacial score (nSPS) is 22.1. The summed E-state index contributed by atoms with van der Waals surface area (Å²) in [6.07, 6.45) is 3.16. The fraction of sp³-hybridized carbons (Fsp3) is 0.600. The van der Waals surface area contributed by atoms with Crippen LogP contribution in [0.2, 0.25) is 0 Å². The lowest BCUT2D eigenvalue weighted by Crippen LogP contribution is -2.47. The molecule has 1 aromatic carbocycles. The van der Waals surface area contributed by atoms with E-state index in [1.165, 1.54) is 7.11 Å². The Balaban J connectivity index is 2.38. The molecule has 0 aromatic heterocycles. The first-order chi connectivity index (χ1) is 10.1. The maximum atomic E-state index is 11.4. The second-order valence-electron chi connectivity index (χ2n) is 5.47. The van der Waals surface area contributed by atoms with Crippen LogP contribution in [0.25, 0.3) is 0 Å². The molecule has 0 spiro atoms. The van der Waals surface area contributed by atoms with Crippen LogP contribution in [-0.2, 0) is 0 Å². The number of hydrogen-bond donors (Lipinski definition) is 1. The van der Waals surface area contributed by atoms with Gasteiger partial charge in [-0.2, -0.15) is 0 Å². The van der Waals surface area contributed by atoms with Crippen molar-refractivity contribution in [2.75, 3.05) is 25.1 Å². The monoisotopic (exact) mass is 293 g/mol. The van der Waals surface area contributed by atoms with Crippen molar-refractivity contribution < 1.29 is 9.66 Å². The summed E-state index contributed by atoms with van der Waals surface area (Å²) >= 11 is 0. The molecule has 2 N–H and O–H groups in total. The lowest BCUT2D eigenvalue weighted by molar-refractivity contribution is -0.385. The van der Waals surface area contributed by atoms with Crippen molar-refractivity contribution in [1.82, 2.24) is 0 Å². The lowest BCUT2D eigenvalue weighted by Gasteiger charge is -2.40. The van der Waals surface area contributed by atoms with Crippen LogP contribution >= 0.6 is 0 Å². The maximum absolute atomic E-state index is 11.4. The van der Waals surface area contributed by atoms with Gasteiger partial charge >= 0.3 is 5.69 Å². The summed E-state index contributed by atoms with van der Waals surface area (Å²) in [5, 5.41) is 11.4. The second kappa shape index (κ2) is 6.76. The SMILES string of the molecule is CCC1CCN(c2cccc(OC)c2[N+](=O)[O-])C(CN)C1. The first-order valence-corrected chi connectivity index (χ1v) is 7.40. The molecular formula is C15H23N3O3. The van der Waals surface area contributed by atoms with Gasteiger partial charge in [0.05, 0.1) is 12.0 Å². The first-order valence-electron chi connectivity index (χ1n) is 7.40. The fourth-order valence-corrected chi connectivity index (χ4v) is 3.14. The Morgan fingerprint density at radius 3 is 2.86 bits per heavy atom. The number of piperidine rings is 1. The Labute approximate surface area is 125 Å². The van der Waals surface area contributed by atoms with Gasteiger partial charge in [0.15, 0.2) is 5.75 Å². The van der Waals surface area contributed by atoms with Crippen molar-refractivity contribution >= 4 is 11.4 Å². The van der Waals surface area contributed by atoms with Crippen LogP contribution in [0.1, 0.15) is 26.2 Å². The molecule has 0 amide bonds. The number of nitrogens with zero attached hydrogens (tertiary/aromatic N) is 2. The van der Waals surface area contributed by atoms with Crippen LogP contribution < -0.4 is 15.4 Å². The van der Waals surface area contributed by atoms with Gasteiger partial charge in [0.2, 0.25) is 0 Å². The zero-order valence-electron chi connectivity index (χ0n) is 12.6. The average molecular weight is 293 g/mol. The van der Waals surface area contributed by atoms with Crippen molar-refractivity contribution in [2.45, 2.75) is 32.2 Å². The number of nitrogens with two attached hydrogens (primary N) is 1. The van der Waals surface area contributed by atoms with E-state index in [4.69, 9.17) is 10.5 Å². The highest BCUT2D eigenvalue weighted by molar-refractivity contribution is 5.70. The molecule has 0 aliphatic carbocycles. The van der Waals surface area contributed by atoms with Gasteiger partial charge in [-0.1, -0.05) is 19.4 Å². The highest BCUT2D eigenvalue weighted by Gasteiger charge is 2.32. The predicted molar refractivity (Wildman–Crippen MR) is 82.9 cm³/mol. The summed E-state index contributed by atoms with van der Waals surface area (Å²) in [5.41, 5.74) is 6.55. The third-order valence-corrected chi connectivity index (χ3v) is 4.36. The Hall–Kier alpha value is -1.82. The van der Waals surface area contributed by atoms with Crippen molar-refractivity contribution in [1.29, 1.82) is 0 Å². The van der Waals surface area contributed by atoms with E-state index in [-0.39, 0.29) is 16.7 Å². The quantitative estimate of drug-likeness (QED) is 0.666. The number of nitro benzene ring substituents is 1. The molecule has 6 heteroatoms. The largest absolute Gasteiger partial charge is 0.490 e. The highest BCUT2D eigenvalue weighted by atomic mass is 16.6. The third-order valence-electron chi connectivity index (χ3n) is 4.36. The van der Waals surface area contributed by atoms with Gasteiger partial charge in [0.1, 0.15) is 5.69 Å². The third kappa shape index (κ3) is 3.10. The van der Waals surface area contributed by atoms with Crippen LogP contribution in [0.5, 0.6) is 5.75 Å². The van der Waals surface area contributed by atoms with E-state index in [0.717, 1.165) is 25.8 Å². The van der Waals surface area contributed by atoms with Crippen LogP contribution in [0.15, 0.2) is 18.2 Å². The molecule has 116 valence electrons. The minimum Gasteiger partial charge on any atom is -0.490 e. The van der Waals surface area contributed by atoms with E-state index in [1.54, 1.807) is 18.2 Å².